The van der Waals surface area contributed by atoms with Crippen molar-refractivity contribution >= 4 is 18.2 Å². The first-order chi connectivity index (χ1) is 9.24. The highest BCUT2D eigenvalue weighted by atomic mass is 16.6. The van der Waals surface area contributed by atoms with Gasteiger partial charge in [-0.05, 0) is 27.7 Å². The van der Waals surface area contributed by atoms with Gasteiger partial charge in [0.1, 0.15) is 17.3 Å². The summed E-state index contributed by atoms with van der Waals surface area (Å²) >= 11 is 0. The van der Waals surface area contributed by atoms with Gasteiger partial charge in [-0.15, -0.1) is 0 Å². The van der Waals surface area contributed by atoms with Gasteiger partial charge in [0, 0.05) is 13.0 Å². The van der Waals surface area contributed by atoms with Crippen LogP contribution in [-0.2, 0) is 28.6 Å². The summed E-state index contributed by atoms with van der Waals surface area (Å²) in [6.07, 6.45) is 0.602. The molecule has 1 rings (SSSR count). The lowest BCUT2D eigenvalue weighted by Crippen LogP contribution is -2.32. The topological polar surface area (TPSA) is 78.9 Å². The number of carbonyl (C=O) groups is 3. The zero-order chi connectivity index (χ0) is 15.6. The van der Waals surface area contributed by atoms with Crippen molar-refractivity contribution in [3.8, 4) is 0 Å². The standard InChI is InChI=1S/C14H22O6/c1-6-19-12(17)14(8-18-5)9(7-15)10(14)11(16)20-13(2,3)4/h7,9-10H,6,8H2,1-5H3/t9-,10-,14-/m1/s1. The first-order valence-electron chi connectivity index (χ1n) is 6.59. The molecule has 6 heteroatoms. The Morgan fingerprint density at radius 1 is 1.30 bits per heavy atom. The van der Waals surface area contributed by atoms with Gasteiger partial charge >= 0.3 is 11.9 Å². The van der Waals surface area contributed by atoms with E-state index in [1.165, 1.54) is 7.11 Å². The van der Waals surface area contributed by atoms with E-state index in [0.717, 1.165) is 0 Å². The summed E-state index contributed by atoms with van der Waals surface area (Å²) in [5.74, 6) is -2.75. The van der Waals surface area contributed by atoms with Crippen molar-refractivity contribution in [1.29, 1.82) is 0 Å². The zero-order valence-corrected chi connectivity index (χ0v) is 12.6. The second-order valence-corrected chi connectivity index (χ2v) is 5.87. The van der Waals surface area contributed by atoms with Gasteiger partial charge < -0.3 is 19.0 Å². The zero-order valence-electron chi connectivity index (χ0n) is 12.6. The minimum Gasteiger partial charge on any atom is -0.465 e. The van der Waals surface area contributed by atoms with Crippen molar-refractivity contribution in [3.63, 3.8) is 0 Å². The van der Waals surface area contributed by atoms with E-state index in [0.29, 0.717) is 6.29 Å². The number of carbonyl (C=O) groups excluding carboxylic acids is 3. The van der Waals surface area contributed by atoms with Crippen LogP contribution in [0.2, 0.25) is 0 Å². The second-order valence-electron chi connectivity index (χ2n) is 5.87. The van der Waals surface area contributed by atoms with Crippen molar-refractivity contribution in [2.45, 2.75) is 33.3 Å². The van der Waals surface area contributed by atoms with E-state index in [4.69, 9.17) is 14.2 Å². The van der Waals surface area contributed by atoms with E-state index >= 15 is 0 Å². The van der Waals surface area contributed by atoms with Crippen LogP contribution in [0.3, 0.4) is 0 Å². The Morgan fingerprint density at radius 3 is 2.30 bits per heavy atom. The second kappa shape index (κ2) is 5.91. The summed E-state index contributed by atoms with van der Waals surface area (Å²) in [6, 6.07) is 0. The Balaban J connectivity index is 2.97. The van der Waals surface area contributed by atoms with Gasteiger partial charge in [0.25, 0.3) is 0 Å². The van der Waals surface area contributed by atoms with Gasteiger partial charge in [-0.1, -0.05) is 0 Å². The highest BCUT2D eigenvalue weighted by Crippen LogP contribution is 2.59. The fraction of sp³-hybridized carbons (Fsp3) is 0.786. The van der Waals surface area contributed by atoms with Gasteiger partial charge in [-0.2, -0.15) is 0 Å². The molecule has 0 aromatic rings. The van der Waals surface area contributed by atoms with Gasteiger partial charge in [-0.25, -0.2) is 0 Å². The van der Waals surface area contributed by atoms with E-state index in [1.54, 1.807) is 27.7 Å². The molecule has 0 aromatic carbocycles. The Hall–Kier alpha value is -1.43. The molecule has 0 radical (unpaired) electrons. The molecule has 0 aliphatic heterocycles. The maximum absolute atomic E-state index is 12.1. The lowest BCUT2D eigenvalue weighted by atomic mass is 10.0. The third kappa shape index (κ3) is 3.00. The Labute approximate surface area is 118 Å². The van der Waals surface area contributed by atoms with E-state index < -0.39 is 34.8 Å². The quantitative estimate of drug-likeness (QED) is 0.535. The molecule has 1 aliphatic rings. The fourth-order valence-electron chi connectivity index (χ4n) is 2.40. The molecule has 3 atom stereocenters. The first kappa shape index (κ1) is 16.6. The molecule has 0 saturated heterocycles. The molecule has 1 fully saturated rings. The van der Waals surface area contributed by atoms with Crippen LogP contribution in [0.25, 0.3) is 0 Å². The van der Waals surface area contributed by atoms with Crippen LogP contribution in [0.1, 0.15) is 27.7 Å². The van der Waals surface area contributed by atoms with Crippen LogP contribution in [0.15, 0.2) is 0 Å². The average Bonchev–Trinajstić information content (AvgIpc) is 2.97. The van der Waals surface area contributed by atoms with Crippen LogP contribution >= 0.6 is 0 Å². The molecule has 0 N–H and O–H groups in total. The summed E-state index contributed by atoms with van der Waals surface area (Å²) in [5.41, 5.74) is -1.92. The molecule has 20 heavy (non-hydrogen) atoms. The first-order valence-corrected chi connectivity index (χ1v) is 6.59. The maximum Gasteiger partial charge on any atom is 0.316 e. The van der Waals surface area contributed by atoms with Crippen molar-refractivity contribution in [1.82, 2.24) is 0 Å². The highest BCUT2D eigenvalue weighted by Gasteiger charge is 2.75. The Kier molecular flexibility index (Phi) is 4.91. The summed E-state index contributed by atoms with van der Waals surface area (Å²) < 4.78 is 15.3. The largest absolute Gasteiger partial charge is 0.465 e. The molecule has 6 nitrogen and oxygen atoms in total. The minimum atomic E-state index is -1.24. The number of rotatable bonds is 6. The monoisotopic (exact) mass is 286 g/mol. The van der Waals surface area contributed by atoms with Gasteiger partial charge in [0.15, 0.2) is 0 Å². The third-order valence-corrected chi connectivity index (χ3v) is 3.25. The Morgan fingerprint density at radius 2 is 1.90 bits per heavy atom. The Bertz CT molecular complexity index is 397. The van der Waals surface area contributed by atoms with Gasteiger partial charge in [-0.3, -0.25) is 9.59 Å². The number of aldehydes is 1. The minimum absolute atomic E-state index is 0.0425. The predicted octanol–water partition coefficient (Wildman–Crippen LogP) is 0.969. The molecule has 0 aromatic heterocycles. The molecule has 1 saturated carbocycles. The molecule has 0 unspecified atom stereocenters. The van der Waals surface area contributed by atoms with Crippen LogP contribution in [0, 0.1) is 17.3 Å². The molecule has 1 aliphatic carbocycles. The normalized spacial score (nSPS) is 28.6. The van der Waals surface area contributed by atoms with E-state index in [2.05, 4.69) is 0 Å². The number of methoxy groups -OCH3 is 1. The summed E-state index contributed by atoms with van der Waals surface area (Å²) in [4.78, 5) is 35.4. The molecule has 0 spiro atoms. The average molecular weight is 286 g/mol. The SMILES string of the molecule is CCOC(=O)[C@]1(COC)[C@H](C=O)[C@@H]1C(=O)OC(C)(C)C. The molecule has 0 amide bonds. The van der Waals surface area contributed by atoms with Gasteiger partial charge in [0.2, 0.25) is 0 Å². The number of ether oxygens (including phenoxy) is 3. The number of hydrogen-bond donors (Lipinski definition) is 0. The summed E-state index contributed by atoms with van der Waals surface area (Å²) in [7, 11) is 1.41. The van der Waals surface area contributed by atoms with E-state index in [9.17, 15) is 14.4 Å². The smallest absolute Gasteiger partial charge is 0.316 e. The van der Waals surface area contributed by atoms with Crippen LogP contribution in [0.4, 0.5) is 0 Å². The van der Waals surface area contributed by atoms with Crippen molar-refractivity contribution in [3.05, 3.63) is 0 Å². The molecule has 114 valence electrons. The van der Waals surface area contributed by atoms with Crippen LogP contribution < -0.4 is 0 Å². The summed E-state index contributed by atoms with van der Waals surface area (Å²) in [5, 5.41) is 0. The fourth-order valence-corrected chi connectivity index (χ4v) is 2.40. The van der Waals surface area contributed by atoms with Crippen LogP contribution in [0.5, 0.6) is 0 Å². The number of esters is 2. The molecule has 0 bridgehead atoms. The lowest BCUT2D eigenvalue weighted by molar-refractivity contribution is -0.163. The van der Waals surface area contributed by atoms with E-state index in [1.807, 2.05) is 0 Å². The third-order valence-electron chi connectivity index (χ3n) is 3.25. The molecule has 0 heterocycles. The number of hydrogen-bond acceptors (Lipinski definition) is 6. The maximum atomic E-state index is 12.1. The molecular weight excluding hydrogens is 264 g/mol. The summed E-state index contributed by atoms with van der Waals surface area (Å²) in [6.45, 7) is 6.98. The van der Waals surface area contributed by atoms with E-state index in [-0.39, 0.29) is 13.2 Å². The van der Waals surface area contributed by atoms with Crippen molar-refractivity contribution in [2.24, 2.45) is 17.3 Å². The highest BCUT2D eigenvalue weighted by molar-refractivity contribution is 5.97. The van der Waals surface area contributed by atoms with Crippen molar-refractivity contribution < 1.29 is 28.6 Å². The lowest BCUT2D eigenvalue weighted by Gasteiger charge is -2.21. The van der Waals surface area contributed by atoms with Gasteiger partial charge in [0.05, 0.1) is 19.1 Å². The van der Waals surface area contributed by atoms with Crippen molar-refractivity contribution in [2.75, 3.05) is 20.3 Å². The molecular formula is C14H22O6. The predicted molar refractivity (Wildman–Crippen MR) is 69.8 cm³/mol. The van der Waals surface area contributed by atoms with Crippen LogP contribution in [-0.4, -0.2) is 44.1 Å².